The van der Waals surface area contributed by atoms with Crippen LogP contribution in [0.15, 0.2) is 170 Å². The number of fused-ring (bicyclic) bond motifs is 3. The van der Waals surface area contributed by atoms with Gasteiger partial charge in [0.2, 0.25) is 0 Å². The second kappa shape index (κ2) is 11.8. The van der Waals surface area contributed by atoms with Gasteiger partial charge >= 0.3 is 0 Å². The highest BCUT2D eigenvalue weighted by Crippen LogP contribution is 2.50. The van der Waals surface area contributed by atoms with Gasteiger partial charge in [-0.2, -0.15) is 0 Å². The number of allylic oxidation sites excluding steroid dienone is 4. The summed E-state index contributed by atoms with van der Waals surface area (Å²) in [6, 6.07) is 54.1. The standard InChI is InChI=1S/C49H32N4/c1-4-14-31(15-5-1)36-28-34-26-27-43-46-44(34)41(30-36)39-23-11-10-22-38(39)40-24-13-25-42(45(40)46)53(43)37-21-12-20-35(29-37)49-51-47(32-16-6-2-7-17-32)50-48(52-49)33-18-8-3-9-19-33/h1-4,6-14,16-30H,5,15H2. The number of hydrogen-bond acceptors (Lipinski definition) is 3. The van der Waals surface area contributed by atoms with E-state index >= 15 is 0 Å². The summed E-state index contributed by atoms with van der Waals surface area (Å²) < 4.78 is 2.43. The van der Waals surface area contributed by atoms with Crippen molar-refractivity contribution in [1.82, 2.24) is 19.5 Å². The van der Waals surface area contributed by atoms with Gasteiger partial charge in [0.05, 0.1) is 11.0 Å². The topological polar surface area (TPSA) is 43.6 Å². The van der Waals surface area contributed by atoms with Gasteiger partial charge in [-0.3, -0.25) is 0 Å². The van der Waals surface area contributed by atoms with Crippen LogP contribution in [0.5, 0.6) is 0 Å². The van der Waals surface area contributed by atoms with Gasteiger partial charge in [0.15, 0.2) is 17.5 Å². The molecule has 0 N–H and O–H groups in total. The van der Waals surface area contributed by atoms with E-state index in [9.17, 15) is 0 Å². The highest BCUT2D eigenvalue weighted by atomic mass is 15.0. The van der Waals surface area contributed by atoms with Crippen molar-refractivity contribution in [3.8, 4) is 62.1 Å². The van der Waals surface area contributed by atoms with E-state index in [-0.39, 0.29) is 0 Å². The molecule has 0 spiro atoms. The normalized spacial score (nSPS) is 13.2. The Balaban J connectivity index is 1.16. The zero-order chi connectivity index (χ0) is 34.9. The molecule has 0 saturated carbocycles. The van der Waals surface area contributed by atoms with Crippen LogP contribution in [-0.2, 0) is 0 Å². The molecule has 7 aromatic carbocycles. The van der Waals surface area contributed by atoms with E-state index in [2.05, 4.69) is 114 Å². The van der Waals surface area contributed by atoms with Crippen molar-refractivity contribution in [2.75, 3.05) is 0 Å². The molecule has 4 heteroatoms. The summed E-state index contributed by atoms with van der Waals surface area (Å²) in [7, 11) is 0. The third-order valence-corrected chi connectivity index (χ3v) is 10.8. The number of hydrogen-bond donors (Lipinski definition) is 0. The molecule has 0 bridgehead atoms. The summed E-state index contributed by atoms with van der Waals surface area (Å²) in [5, 5.41) is 5.17. The number of nitrogens with zero attached hydrogens (tertiary/aromatic N) is 4. The van der Waals surface area contributed by atoms with Gasteiger partial charge in [-0.1, -0.05) is 133 Å². The highest BCUT2D eigenvalue weighted by Gasteiger charge is 2.26. The predicted molar refractivity (Wildman–Crippen MR) is 219 cm³/mol. The maximum absolute atomic E-state index is 5.05. The van der Waals surface area contributed by atoms with Crippen molar-refractivity contribution in [3.63, 3.8) is 0 Å². The zero-order valence-corrected chi connectivity index (χ0v) is 28.9. The van der Waals surface area contributed by atoms with Crippen LogP contribution in [0.3, 0.4) is 0 Å². The zero-order valence-electron chi connectivity index (χ0n) is 28.9. The minimum Gasteiger partial charge on any atom is -0.309 e. The van der Waals surface area contributed by atoms with Crippen LogP contribution in [-0.4, -0.2) is 19.5 Å². The van der Waals surface area contributed by atoms with Gasteiger partial charge in [0.1, 0.15) is 0 Å². The maximum Gasteiger partial charge on any atom is 0.164 e. The smallest absolute Gasteiger partial charge is 0.164 e. The van der Waals surface area contributed by atoms with Crippen molar-refractivity contribution in [1.29, 1.82) is 0 Å². The molecule has 0 radical (unpaired) electrons. The summed E-state index contributed by atoms with van der Waals surface area (Å²) in [6.07, 6.45) is 8.88. The van der Waals surface area contributed by atoms with Crippen LogP contribution in [0.2, 0.25) is 0 Å². The first-order chi connectivity index (χ1) is 26.3. The van der Waals surface area contributed by atoms with E-state index in [1.165, 1.54) is 66.0 Å². The lowest BCUT2D eigenvalue weighted by atomic mass is 9.88. The average molecular weight is 677 g/mol. The Hall–Kier alpha value is -6.91. The Morgan fingerprint density at radius 3 is 1.77 bits per heavy atom. The molecule has 0 saturated heterocycles. The van der Waals surface area contributed by atoms with Gasteiger partial charge in [-0.25, -0.2) is 15.0 Å². The lowest BCUT2D eigenvalue weighted by Gasteiger charge is -2.17. The molecule has 0 aliphatic heterocycles. The Morgan fingerprint density at radius 1 is 0.434 bits per heavy atom. The van der Waals surface area contributed by atoms with Crippen LogP contribution in [0, 0.1) is 0 Å². The molecule has 2 aromatic heterocycles. The van der Waals surface area contributed by atoms with Crippen molar-refractivity contribution < 1.29 is 0 Å². The lowest BCUT2D eigenvalue weighted by molar-refractivity contribution is 1.05. The van der Waals surface area contributed by atoms with Crippen LogP contribution in [0.25, 0.3) is 100 Å². The summed E-state index contributed by atoms with van der Waals surface area (Å²) in [5.41, 5.74) is 14.1. The largest absolute Gasteiger partial charge is 0.309 e. The van der Waals surface area contributed by atoms with Crippen molar-refractivity contribution in [3.05, 3.63) is 175 Å². The number of aromatic nitrogens is 4. The SMILES string of the molecule is C1=CCCC(c2cc3c4c(ccc5c4c4c(cccc4n5-c4cccc(-c5nc(-c6ccccc6)nc(-c6ccccc6)n5)c4)-c4ccccc4-3)c2)=C1. The molecule has 0 fully saturated rings. The summed E-state index contributed by atoms with van der Waals surface area (Å²) in [5.74, 6) is 1.95. The Labute approximate surface area is 307 Å². The summed E-state index contributed by atoms with van der Waals surface area (Å²) in [4.78, 5) is 15.0. The Bertz CT molecular complexity index is 2930. The molecule has 0 amide bonds. The molecule has 4 nitrogen and oxygen atoms in total. The van der Waals surface area contributed by atoms with Gasteiger partial charge < -0.3 is 4.57 Å². The first-order valence-corrected chi connectivity index (χ1v) is 18.3. The molecule has 2 heterocycles. The fourth-order valence-corrected chi connectivity index (χ4v) is 8.43. The highest BCUT2D eigenvalue weighted by molar-refractivity contribution is 6.30. The second-order valence-corrected chi connectivity index (χ2v) is 13.9. The molecule has 0 unspecified atom stereocenters. The Morgan fingerprint density at radius 2 is 1.06 bits per heavy atom. The first kappa shape index (κ1) is 29.8. The van der Waals surface area contributed by atoms with Gasteiger partial charge in [0.25, 0.3) is 0 Å². The van der Waals surface area contributed by atoms with E-state index in [0.717, 1.165) is 35.2 Å². The fourth-order valence-electron chi connectivity index (χ4n) is 8.43. The molecule has 53 heavy (non-hydrogen) atoms. The van der Waals surface area contributed by atoms with E-state index in [1.54, 1.807) is 0 Å². The monoisotopic (exact) mass is 676 g/mol. The van der Waals surface area contributed by atoms with Crippen LogP contribution < -0.4 is 0 Å². The minimum absolute atomic E-state index is 0.642. The Kier molecular flexibility index (Phi) is 6.65. The molecule has 11 rings (SSSR count). The molecular formula is C49H32N4. The number of rotatable bonds is 5. The van der Waals surface area contributed by atoms with Crippen LogP contribution >= 0.6 is 0 Å². The summed E-state index contributed by atoms with van der Waals surface area (Å²) >= 11 is 0. The van der Waals surface area contributed by atoms with Crippen LogP contribution in [0.1, 0.15) is 18.4 Å². The van der Waals surface area contributed by atoms with Gasteiger partial charge in [-0.05, 0) is 93.4 Å². The fraction of sp³-hybridized carbons (Fsp3) is 0.0408. The van der Waals surface area contributed by atoms with E-state index in [4.69, 9.17) is 15.0 Å². The van der Waals surface area contributed by atoms with E-state index < -0.39 is 0 Å². The maximum atomic E-state index is 5.05. The van der Waals surface area contributed by atoms with E-state index in [0.29, 0.717) is 17.5 Å². The molecule has 2 aliphatic carbocycles. The van der Waals surface area contributed by atoms with Gasteiger partial charge in [-0.15, -0.1) is 0 Å². The van der Waals surface area contributed by atoms with Gasteiger partial charge in [0, 0.05) is 33.2 Å². The third kappa shape index (κ3) is 4.73. The molecule has 9 aromatic rings. The molecule has 2 aliphatic rings. The lowest BCUT2D eigenvalue weighted by Crippen LogP contribution is -2.01. The average Bonchev–Trinajstić information content (AvgIpc) is 3.52. The molecular weight excluding hydrogens is 645 g/mol. The minimum atomic E-state index is 0.642. The van der Waals surface area contributed by atoms with Crippen molar-refractivity contribution >= 4 is 38.2 Å². The second-order valence-electron chi connectivity index (χ2n) is 13.9. The molecule has 0 atom stereocenters. The quantitative estimate of drug-likeness (QED) is 0.182. The van der Waals surface area contributed by atoms with Crippen molar-refractivity contribution in [2.24, 2.45) is 0 Å². The van der Waals surface area contributed by atoms with Crippen molar-refractivity contribution in [2.45, 2.75) is 12.8 Å². The third-order valence-electron chi connectivity index (χ3n) is 10.8. The van der Waals surface area contributed by atoms with E-state index in [1.807, 2.05) is 60.7 Å². The summed E-state index contributed by atoms with van der Waals surface area (Å²) in [6.45, 7) is 0. The number of benzene rings is 7. The first-order valence-electron chi connectivity index (χ1n) is 18.3. The molecule has 248 valence electrons. The predicted octanol–water partition coefficient (Wildman–Crippen LogP) is 12.5. The van der Waals surface area contributed by atoms with Crippen LogP contribution in [0.4, 0.5) is 0 Å².